The van der Waals surface area contributed by atoms with E-state index in [4.69, 9.17) is 5.73 Å². The molecule has 0 aromatic heterocycles. The largest absolute Gasteiger partial charge is 0.330 e. The van der Waals surface area contributed by atoms with E-state index in [1.54, 1.807) is 0 Å². The van der Waals surface area contributed by atoms with Crippen molar-refractivity contribution >= 4 is 0 Å². The summed E-state index contributed by atoms with van der Waals surface area (Å²) in [6.07, 6.45) is 0.847. The highest BCUT2D eigenvalue weighted by molar-refractivity contribution is 5.32. The molecule has 0 saturated heterocycles. The Kier molecular flexibility index (Phi) is 4.33. The van der Waals surface area contributed by atoms with Gasteiger partial charge in [-0.3, -0.25) is 0 Å². The molecule has 2 aromatic rings. The summed E-state index contributed by atoms with van der Waals surface area (Å²) >= 11 is 0. The minimum absolute atomic E-state index is 0.195. The standard InChI is InChI=1S/C17H20FN/c1-12-7-13(2)9-15(8-12)16(11-19)10-14-3-5-17(18)6-4-14/h3-9,16H,10-11,19H2,1-2H3. The van der Waals surface area contributed by atoms with Gasteiger partial charge in [-0.2, -0.15) is 0 Å². The lowest BCUT2D eigenvalue weighted by atomic mass is 9.90. The first-order chi connectivity index (χ1) is 9.08. The summed E-state index contributed by atoms with van der Waals surface area (Å²) in [4.78, 5) is 0. The molecule has 0 heterocycles. The molecule has 2 heteroatoms. The van der Waals surface area contributed by atoms with E-state index in [-0.39, 0.29) is 11.7 Å². The van der Waals surface area contributed by atoms with Gasteiger partial charge in [-0.25, -0.2) is 4.39 Å². The van der Waals surface area contributed by atoms with Crippen LogP contribution < -0.4 is 5.73 Å². The number of hydrogen-bond acceptors (Lipinski definition) is 1. The fourth-order valence-corrected chi connectivity index (χ4v) is 2.49. The van der Waals surface area contributed by atoms with Crippen molar-refractivity contribution in [2.45, 2.75) is 26.2 Å². The first kappa shape index (κ1) is 13.8. The average molecular weight is 257 g/mol. The predicted octanol–water partition coefficient (Wildman–Crippen LogP) is 3.73. The van der Waals surface area contributed by atoms with E-state index in [0.29, 0.717) is 6.54 Å². The maximum absolute atomic E-state index is 12.9. The third-order valence-electron chi connectivity index (χ3n) is 3.40. The molecule has 0 amide bonds. The van der Waals surface area contributed by atoms with Crippen LogP contribution in [0.15, 0.2) is 42.5 Å². The molecule has 100 valence electrons. The Hall–Kier alpha value is -1.67. The van der Waals surface area contributed by atoms with Crippen LogP contribution >= 0.6 is 0 Å². The summed E-state index contributed by atoms with van der Waals surface area (Å²) in [5.74, 6) is 0.0866. The molecule has 2 rings (SSSR count). The molecule has 0 bridgehead atoms. The van der Waals surface area contributed by atoms with Crippen LogP contribution in [-0.4, -0.2) is 6.54 Å². The summed E-state index contributed by atoms with van der Waals surface area (Å²) < 4.78 is 12.9. The Morgan fingerprint density at radius 2 is 1.58 bits per heavy atom. The molecule has 0 radical (unpaired) electrons. The predicted molar refractivity (Wildman–Crippen MR) is 77.8 cm³/mol. The molecule has 1 nitrogen and oxygen atoms in total. The van der Waals surface area contributed by atoms with Crippen LogP contribution in [0.1, 0.15) is 28.2 Å². The highest BCUT2D eigenvalue weighted by Gasteiger charge is 2.11. The highest BCUT2D eigenvalue weighted by Crippen LogP contribution is 2.22. The molecular formula is C17H20FN. The van der Waals surface area contributed by atoms with Gasteiger partial charge in [0.2, 0.25) is 0 Å². The van der Waals surface area contributed by atoms with E-state index < -0.39 is 0 Å². The van der Waals surface area contributed by atoms with E-state index in [9.17, 15) is 4.39 Å². The van der Waals surface area contributed by atoms with Crippen molar-refractivity contribution in [2.75, 3.05) is 6.54 Å². The van der Waals surface area contributed by atoms with Gasteiger partial charge in [-0.1, -0.05) is 41.5 Å². The average Bonchev–Trinajstić information content (AvgIpc) is 2.37. The second-order valence-corrected chi connectivity index (χ2v) is 5.18. The monoisotopic (exact) mass is 257 g/mol. The molecule has 19 heavy (non-hydrogen) atoms. The number of rotatable bonds is 4. The van der Waals surface area contributed by atoms with Crippen LogP contribution in [0, 0.1) is 19.7 Å². The van der Waals surface area contributed by atoms with E-state index in [1.165, 1.54) is 28.8 Å². The Morgan fingerprint density at radius 3 is 2.11 bits per heavy atom. The van der Waals surface area contributed by atoms with Gasteiger partial charge in [0.05, 0.1) is 0 Å². The molecule has 0 aliphatic heterocycles. The Bertz CT molecular complexity index is 525. The SMILES string of the molecule is Cc1cc(C)cc(C(CN)Cc2ccc(F)cc2)c1. The molecule has 0 saturated carbocycles. The van der Waals surface area contributed by atoms with E-state index in [2.05, 4.69) is 32.0 Å². The van der Waals surface area contributed by atoms with E-state index in [0.717, 1.165) is 12.0 Å². The van der Waals surface area contributed by atoms with Gasteiger partial charge in [-0.05, 0) is 50.1 Å². The van der Waals surface area contributed by atoms with Crippen molar-refractivity contribution in [1.82, 2.24) is 0 Å². The van der Waals surface area contributed by atoms with Crippen molar-refractivity contribution in [3.63, 3.8) is 0 Å². The van der Waals surface area contributed by atoms with Crippen LogP contribution in [0.5, 0.6) is 0 Å². The second-order valence-electron chi connectivity index (χ2n) is 5.18. The fraction of sp³-hybridized carbons (Fsp3) is 0.294. The second kappa shape index (κ2) is 5.98. The fourth-order valence-electron chi connectivity index (χ4n) is 2.49. The summed E-state index contributed by atoms with van der Waals surface area (Å²) in [7, 11) is 0. The number of aryl methyl sites for hydroxylation is 2. The maximum atomic E-state index is 12.9. The lowest BCUT2D eigenvalue weighted by Gasteiger charge is -2.17. The zero-order chi connectivity index (χ0) is 13.8. The van der Waals surface area contributed by atoms with Gasteiger partial charge < -0.3 is 5.73 Å². The Labute approximate surface area is 114 Å². The number of halogens is 1. The Balaban J connectivity index is 2.22. The zero-order valence-corrected chi connectivity index (χ0v) is 11.5. The summed E-state index contributed by atoms with van der Waals surface area (Å²) in [5.41, 5.74) is 10.8. The van der Waals surface area contributed by atoms with Crippen LogP contribution in [-0.2, 0) is 6.42 Å². The first-order valence-corrected chi connectivity index (χ1v) is 6.61. The van der Waals surface area contributed by atoms with Gasteiger partial charge >= 0.3 is 0 Å². The van der Waals surface area contributed by atoms with E-state index in [1.807, 2.05) is 12.1 Å². The number of nitrogens with two attached hydrogens (primary N) is 1. The summed E-state index contributed by atoms with van der Waals surface area (Å²) in [5, 5.41) is 0. The normalized spacial score (nSPS) is 12.4. The molecule has 0 fully saturated rings. The lowest BCUT2D eigenvalue weighted by molar-refractivity contribution is 0.625. The topological polar surface area (TPSA) is 26.0 Å². The van der Waals surface area contributed by atoms with Crippen LogP contribution in [0.25, 0.3) is 0 Å². The Morgan fingerprint density at radius 1 is 1.00 bits per heavy atom. The zero-order valence-electron chi connectivity index (χ0n) is 11.5. The van der Waals surface area contributed by atoms with Crippen molar-refractivity contribution in [2.24, 2.45) is 5.73 Å². The molecule has 1 atom stereocenters. The molecule has 0 aliphatic rings. The smallest absolute Gasteiger partial charge is 0.123 e. The molecule has 0 aliphatic carbocycles. The summed E-state index contributed by atoms with van der Waals surface area (Å²) in [6, 6.07) is 13.2. The van der Waals surface area contributed by atoms with E-state index >= 15 is 0 Å². The van der Waals surface area contributed by atoms with Gasteiger partial charge in [0.25, 0.3) is 0 Å². The third kappa shape index (κ3) is 3.65. The van der Waals surface area contributed by atoms with Crippen molar-refractivity contribution in [1.29, 1.82) is 0 Å². The van der Waals surface area contributed by atoms with Crippen molar-refractivity contribution in [3.8, 4) is 0 Å². The lowest BCUT2D eigenvalue weighted by Crippen LogP contribution is -2.15. The van der Waals surface area contributed by atoms with Crippen LogP contribution in [0.3, 0.4) is 0 Å². The van der Waals surface area contributed by atoms with Gasteiger partial charge in [-0.15, -0.1) is 0 Å². The maximum Gasteiger partial charge on any atom is 0.123 e. The summed E-state index contributed by atoms with van der Waals surface area (Å²) in [6.45, 7) is 4.80. The molecule has 2 aromatic carbocycles. The molecule has 1 unspecified atom stereocenters. The number of benzene rings is 2. The quantitative estimate of drug-likeness (QED) is 0.887. The van der Waals surface area contributed by atoms with Gasteiger partial charge in [0.15, 0.2) is 0 Å². The molecule has 0 spiro atoms. The minimum Gasteiger partial charge on any atom is -0.330 e. The molecule has 2 N–H and O–H groups in total. The minimum atomic E-state index is -0.195. The highest BCUT2D eigenvalue weighted by atomic mass is 19.1. The van der Waals surface area contributed by atoms with Gasteiger partial charge in [0.1, 0.15) is 5.82 Å². The van der Waals surface area contributed by atoms with Crippen molar-refractivity contribution < 1.29 is 4.39 Å². The van der Waals surface area contributed by atoms with Crippen LogP contribution in [0.4, 0.5) is 4.39 Å². The number of hydrogen-bond donors (Lipinski definition) is 1. The molecular weight excluding hydrogens is 237 g/mol. The third-order valence-corrected chi connectivity index (χ3v) is 3.40. The van der Waals surface area contributed by atoms with Crippen molar-refractivity contribution in [3.05, 3.63) is 70.5 Å². The first-order valence-electron chi connectivity index (χ1n) is 6.61. The van der Waals surface area contributed by atoms with Gasteiger partial charge in [0, 0.05) is 5.92 Å². The van der Waals surface area contributed by atoms with Crippen LogP contribution in [0.2, 0.25) is 0 Å².